The van der Waals surface area contributed by atoms with Crippen LogP contribution in [0.4, 0.5) is 0 Å². The van der Waals surface area contributed by atoms with Gasteiger partial charge < -0.3 is 9.47 Å². The molecule has 0 aromatic carbocycles. The second-order valence-corrected chi connectivity index (χ2v) is 4.15. The van der Waals surface area contributed by atoms with E-state index in [0.29, 0.717) is 17.1 Å². The SMILES string of the molecule is CC(C)Oc1cncc(OC2CC2)c1C=O. The molecule has 2 rings (SSSR count). The summed E-state index contributed by atoms with van der Waals surface area (Å²) in [5.41, 5.74) is 0.454. The van der Waals surface area contributed by atoms with Crippen molar-refractivity contribution in [2.24, 2.45) is 0 Å². The van der Waals surface area contributed by atoms with E-state index in [1.807, 2.05) is 13.8 Å². The third-order valence-electron chi connectivity index (χ3n) is 2.21. The normalized spacial score (nSPS) is 14.9. The highest BCUT2D eigenvalue weighted by atomic mass is 16.5. The van der Waals surface area contributed by atoms with Crippen molar-refractivity contribution in [2.75, 3.05) is 0 Å². The van der Waals surface area contributed by atoms with Gasteiger partial charge >= 0.3 is 0 Å². The maximum absolute atomic E-state index is 11.0. The first-order valence-electron chi connectivity index (χ1n) is 5.47. The van der Waals surface area contributed by atoms with Crippen LogP contribution < -0.4 is 9.47 Å². The van der Waals surface area contributed by atoms with E-state index in [1.165, 1.54) is 0 Å². The lowest BCUT2D eigenvalue weighted by atomic mass is 10.2. The minimum atomic E-state index is 0.0108. The summed E-state index contributed by atoms with van der Waals surface area (Å²) in [6.07, 6.45) is 6.23. The topological polar surface area (TPSA) is 48.4 Å². The molecule has 16 heavy (non-hydrogen) atoms. The van der Waals surface area contributed by atoms with Crippen LogP contribution in [0.3, 0.4) is 0 Å². The van der Waals surface area contributed by atoms with Crippen LogP contribution in [0.5, 0.6) is 11.5 Å². The molecule has 1 heterocycles. The molecule has 0 N–H and O–H groups in total. The largest absolute Gasteiger partial charge is 0.488 e. The number of pyridine rings is 1. The highest BCUT2D eigenvalue weighted by Crippen LogP contribution is 2.32. The van der Waals surface area contributed by atoms with Gasteiger partial charge in [-0.1, -0.05) is 0 Å². The Bertz CT molecular complexity index is 364. The fourth-order valence-corrected chi connectivity index (χ4v) is 1.36. The van der Waals surface area contributed by atoms with Gasteiger partial charge in [-0.15, -0.1) is 0 Å². The fourth-order valence-electron chi connectivity index (χ4n) is 1.36. The third kappa shape index (κ3) is 2.51. The summed E-state index contributed by atoms with van der Waals surface area (Å²) in [7, 11) is 0. The number of hydrogen-bond acceptors (Lipinski definition) is 4. The van der Waals surface area contributed by atoms with Gasteiger partial charge in [0.05, 0.1) is 24.6 Å². The molecule has 0 atom stereocenters. The quantitative estimate of drug-likeness (QED) is 0.715. The number of aldehydes is 1. The third-order valence-corrected chi connectivity index (χ3v) is 2.21. The molecule has 0 unspecified atom stereocenters. The van der Waals surface area contributed by atoms with Crippen LogP contribution in [0.1, 0.15) is 37.0 Å². The number of rotatable bonds is 5. The Morgan fingerprint density at radius 3 is 2.62 bits per heavy atom. The van der Waals surface area contributed by atoms with Gasteiger partial charge in [0.25, 0.3) is 0 Å². The fraction of sp³-hybridized carbons (Fsp3) is 0.500. The van der Waals surface area contributed by atoms with Crippen molar-refractivity contribution in [3.05, 3.63) is 18.0 Å². The van der Waals surface area contributed by atoms with Crippen LogP contribution in [-0.2, 0) is 0 Å². The van der Waals surface area contributed by atoms with Gasteiger partial charge in [-0.3, -0.25) is 9.78 Å². The van der Waals surface area contributed by atoms with E-state index in [4.69, 9.17) is 9.47 Å². The van der Waals surface area contributed by atoms with Crippen molar-refractivity contribution >= 4 is 6.29 Å². The summed E-state index contributed by atoms with van der Waals surface area (Å²) in [4.78, 5) is 15.1. The molecule has 1 aliphatic rings. The molecule has 0 spiro atoms. The summed E-state index contributed by atoms with van der Waals surface area (Å²) in [6.45, 7) is 3.81. The number of carbonyl (C=O) groups is 1. The first-order valence-corrected chi connectivity index (χ1v) is 5.47. The van der Waals surface area contributed by atoms with Crippen LogP contribution in [0.2, 0.25) is 0 Å². The lowest BCUT2D eigenvalue weighted by Crippen LogP contribution is -2.09. The minimum absolute atomic E-state index is 0.0108. The predicted molar refractivity (Wildman–Crippen MR) is 59.0 cm³/mol. The second-order valence-electron chi connectivity index (χ2n) is 4.15. The van der Waals surface area contributed by atoms with Gasteiger partial charge in [-0.05, 0) is 26.7 Å². The Hall–Kier alpha value is -1.58. The molecule has 4 nitrogen and oxygen atoms in total. The Morgan fingerprint density at radius 2 is 2.06 bits per heavy atom. The first-order chi connectivity index (χ1) is 7.70. The van der Waals surface area contributed by atoms with E-state index < -0.39 is 0 Å². The molecule has 1 saturated carbocycles. The Kier molecular flexibility index (Phi) is 3.08. The summed E-state index contributed by atoms with van der Waals surface area (Å²) < 4.78 is 11.1. The molecule has 0 aliphatic heterocycles. The second kappa shape index (κ2) is 4.51. The number of hydrogen-bond donors (Lipinski definition) is 0. The lowest BCUT2D eigenvalue weighted by Gasteiger charge is -2.13. The monoisotopic (exact) mass is 221 g/mol. The van der Waals surface area contributed by atoms with Crippen molar-refractivity contribution < 1.29 is 14.3 Å². The van der Waals surface area contributed by atoms with Gasteiger partial charge in [-0.25, -0.2) is 0 Å². The van der Waals surface area contributed by atoms with Gasteiger partial charge in [0.2, 0.25) is 0 Å². The average Bonchev–Trinajstić information content (AvgIpc) is 3.01. The Balaban J connectivity index is 2.25. The van der Waals surface area contributed by atoms with E-state index in [9.17, 15) is 4.79 Å². The number of aromatic nitrogens is 1. The molecule has 86 valence electrons. The highest BCUT2D eigenvalue weighted by Gasteiger charge is 2.25. The van der Waals surface area contributed by atoms with E-state index in [2.05, 4.69) is 4.98 Å². The number of nitrogens with zero attached hydrogens (tertiary/aromatic N) is 1. The standard InChI is InChI=1S/C12H15NO3/c1-8(2)15-11-5-13-6-12(10(11)7-14)16-9-3-4-9/h5-9H,3-4H2,1-2H3. The van der Waals surface area contributed by atoms with Crippen molar-refractivity contribution in [1.82, 2.24) is 4.98 Å². The number of ether oxygens (including phenoxy) is 2. The van der Waals surface area contributed by atoms with Crippen molar-refractivity contribution in [3.63, 3.8) is 0 Å². The Morgan fingerprint density at radius 1 is 1.38 bits per heavy atom. The zero-order valence-corrected chi connectivity index (χ0v) is 9.47. The maximum atomic E-state index is 11.0. The van der Waals surface area contributed by atoms with Crippen molar-refractivity contribution in [1.29, 1.82) is 0 Å². The van der Waals surface area contributed by atoms with E-state index in [0.717, 1.165) is 19.1 Å². The van der Waals surface area contributed by atoms with Crippen LogP contribution in [0.15, 0.2) is 12.4 Å². The van der Waals surface area contributed by atoms with Gasteiger partial charge in [-0.2, -0.15) is 0 Å². The summed E-state index contributed by atoms with van der Waals surface area (Å²) in [5.74, 6) is 1.01. The van der Waals surface area contributed by atoms with E-state index >= 15 is 0 Å². The molecule has 0 radical (unpaired) electrons. The van der Waals surface area contributed by atoms with Gasteiger partial charge in [0.1, 0.15) is 5.56 Å². The molecule has 1 aliphatic carbocycles. The smallest absolute Gasteiger partial charge is 0.157 e. The molecule has 0 amide bonds. The molecule has 1 aromatic heterocycles. The van der Waals surface area contributed by atoms with E-state index in [1.54, 1.807) is 12.4 Å². The molecule has 1 fully saturated rings. The highest BCUT2D eigenvalue weighted by molar-refractivity contribution is 5.83. The first kappa shape index (κ1) is 10.9. The van der Waals surface area contributed by atoms with Crippen molar-refractivity contribution in [2.45, 2.75) is 38.9 Å². The zero-order chi connectivity index (χ0) is 11.5. The number of carbonyl (C=O) groups excluding carboxylic acids is 1. The summed E-state index contributed by atoms with van der Waals surface area (Å²) in [5, 5.41) is 0. The Labute approximate surface area is 94.6 Å². The van der Waals surface area contributed by atoms with Gasteiger partial charge in [0.15, 0.2) is 17.8 Å². The molecule has 0 bridgehead atoms. The summed E-state index contributed by atoms with van der Waals surface area (Å²) in [6, 6.07) is 0. The molecular weight excluding hydrogens is 206 g/mol. The molecular formula is C12H15NO3. The van der Waals surface area contributed by atoms with Crippen LogP contribution in [0, 0.1) is 0 Å². The van der Waals surface area contributed by atoms with Crippen LogP contribution >= 0.6 is 0 Å². The zero-order valence-electron chi connectivity index (χ0n) is 9.47. The lowest BCUT2D eigenvalue weighted by molar-refractivity contribution is 0.111. The molecule has 4 heteroatoms. The molecule has 1 aromatic rings. The van der Waals surface area contributed by atoms with Crippen LogP contribution in [0.25, 0.3) is 0 Å². The average molecular weight is 221 g/mol. The van der Waals surface area contributed by atoms with Crippen molar-refractivity contribution in [3.8, 4) is 11.5 Å². The minimum Gasteiger partial charge on any atom is -0.488 e. The molecule has 0 saturated heterocycles. The maximum Gasteiger partial charge on any atom is 0.157 e. The van der Waals surface area contributed by atoms with E-state index in [-0.39, 0.29) is 12.2 Å². The van der Waals surface area contributed by atoms with Gasteiger partial charge in [0, 0.05) is 0 Å². The predicted octanol–water partition coefficient (Wildman–Crippen LogP) is 2.22. The van der Waals surface area contributed by atoms with Crippen LogP contribution in [-0.4, -0.2) is 23.5 Å². The summed E-state index contributed by atoms with van der Waals surface area (Å²) >= 11 is 0.